The van der Waals surface area contributed by atoms with Crippen molar-refractivity contribution in [3.8, 4) is 5.75 Å². The van der Waals surface area contributed by atoms with Crippen molar-refractivity contribution in [3.05, 3.63) is 42.5 Å². The van der Waals surface area contributed by atoms with Gasteiger partial charge in [0, 0.05) is 43.2 Å². The summed E-state index contributed by atoms with van der Waals surface area (Å²) in [6.45, 7) is 1.52. The Bertz CT molecular complexity index is 752. The molecule has 1 aromatic carbocycles. The molecule has 2 amide bonds. The fourth-order valence-electron chi connectivity index (χ4n) is 3.39. The second-order valence-electron chi connectivity index (χ2n) is 6.90. The van der Waals surface area contributed by atoms with Crippen LogP contribution in [0.2, 0.25) is 0 Å². The third-order valence-corrected chi connectivity index (χ3v) is 5.00. The number of aromatic amines is 1. The summed E-state index contributed by atoms with van der Waals surface area (Å²) in [7, 11) is 1.60. The van der Waals surface area contributed by atoms with E-state index in [1.165, 1.54) is 0 Å². The van der Waals surface area contributed by atoms with Crippen LogP contribution in [0.5, 0.6) is 5.75 Å². The van der Waals surface area contributed by atoms with Gasteiger partial charge in [-0.2, -0.15) is 0 Å². The van der Waals surface area contributed by atoms with Gasteiger partial charge in [0.05, 0.1) is 19.9 Å². The van der Waals surface area contributed by atoms with Crippen LogP contribution in [0.3, 0.4) is 0 Å². The molecule has 0 unspecified atom stereocenters. The summed E-state index contributed by atoms with van der Waals surface area (Å²) in [4.78, 5) is 33.3. The summed E-state index contributed by atoms with van der Waals surface area (Å²) >= 11 is 0. The average Bonchev–Trinajstić information content (AvgIpc) is 3.20. The van der Waals surface area contributed by atoms with Crippen molar-refractivity contribution in [1.29, 1.82) is 0 Å². The largest absolute Gasteiger partial charge is 0.497 e. The number of nitrogens with one attached hydrogen (secondary N) is 2. The van der Waals surface area contributed by atoms with Crippen LogP contribution in [-0.4, -0.2) is 46.9 Å². The number of hydrogen-bond acceptors (Lipinski definition) is 4. The number of rotatable bonds is 7. The van der Waals surface area contributed by atoms with E-state index in [1.807, 2.05) is 29.2 Å². The fourth-order valence-corrected chi connectivity index (χ4v) is 3.39. The van der Waals surface area contributed by atoms with Crippen molar-refractivity contribution in [2.24, 2.45) is 5.92 Å². The summed E-state index contributed by atoms with van der Waals surface area (Å²) in [5.74, 6) is 1.35. The lowest BCUT2D eigenvalue weighted by Gasteiger charge is -2.32. The molecule has 2 heterocycles. The minimum Gasteiger partial charge on any atom is -0.497 e. The molecule has 1 aromatic heterocycles. The fraction of sp³-hybridized carbons (Fsp3) is 0.450. The third-order valence-electron chi connectivity index (χ3n) is 5.00. The van der Waals surface area contributed by atoms with Crippen LogP contribution in [0, 0.1) is 5.92 Å². The monoisotopic (exact) mass is 370 g/mol. The number of amides is 2. The van der Waals surface area contributed by atoms with E-state index in [0.29, 0.717) is 18.8 Å². The standard InChI is InChI=1S/C20H26N4O3/c1-27-18-4-2-3-16(11-18)23-19(25)6-5-15-7-9-24(10-8-15)20(26)12-17-13-21-14-22-17/h2-4,11,13-15H,5-10,12H2,1H3,(H,21,22)(H,23,25). The second kappa shape index (κ2) is 9.21. The molecule has 1 saturated heterocycles. The number of carbonyl (C=O) groups is 2. The molecule has 0 aliphatic carbocycles. The number of nitrogens with zero attached hydrogens (tertiary/aromatic N) is 2. The van der Waals surface area contributed by atoms with Gasteiger partial charge in [-0.05, 0) is 37.3 Å². The Hall–Kier alpha value is -2.83. The maximum atomic E-state index is 12.3. The Morgan fingerprint density at radius 1 is 1.33 bits per heavy atom. The molecule has 27 heavy (non-hydrogen) atoms. The number of likely N-dealkylation sites (tertiary alicyclic amines) is 1. The molecule has 0 radical (unpaired) electrons. The number of imidazole rings is 1. The summed E-state index contributed by atoms with van der Waals surface area (Å²) in [6, 6.07) is 7.35. The number of hydrogen-bond donors (Lipinski definition) is 2. The van der Waals surface area contributed by atoms with Gasteiger partial charge in [-0.25, -0.2) is 4.98 Å². The molecular weight excluding hydrogens is 344 g/mol. The number of aromatic nitrogens is 2. The molecular formula is C20H26N4O3. The zero-order valence-electron chi connectivity index (χ0n) is 15.6. The highest BCUT2D eigenvalue weighted by molar-refractivity contribution is 5.90. The van der Waals surface area contributed by atoms with E-state index in [2.05, 4.69) is 15.3 Å². The first-order valence-corrected chi connectivity index (χ1v) is 9.33. The molecule has 1 aliphatic heterocycles. The van der Waals surface area contributed by atoms with E-state index in [9.17, 15) is 9.59 Å². The van der Waals surface area contributed by atoms with Crippen molar-refractivity contribution < 1.29 is 14.3 Å². The van der Waals surface area contributed by atoms with Gasteiger partial charge in [0.1, 0.15) is 5.75 Å². The van der Waals surface area contributed by atoms with Crippen molar-refractivity contribution >= 4 is 17.5 Å². The van der Waals surface area contributed by atoms with E-state index in [4.69, 9.17) is 4.74 Å². The molecule has 2 aromatic rings. The van der Waals surface area contributed by atoms with Crippen LogP contribution in [0.1, 0.15) is 31.4 Å². The van der Waals surface area contributed by atoms with Crippen LogP contribution < -0.4 is 10.1 Å². The average molecular weight is 370 g/mol. The topological polar surface area (TPSA) is 87.3 Å². The van der Waals surface area contributed by atoms with Gasteiger partial charge in [0.2, 0.25) is 11.8 Å². The van der Waals surface area contributed by atoms with Gasteiger partial charge in [-0.3, -0.25) is 9.59 Å². The van der Waals surface area contributed by atoms with Crippen LogP contribution in [0.15, 0.2) is 36.8 Å². The SMILES string of the molecule is COc1cccc(NC(=O)CCC2CCN(C(=O)Cc3cnc[nH]3)CC2)c1. The van der Waals surface area contributed by atoms with Gasteiger partial charge in [0.25, 0.3) is 0 Å². The lowest BCUT2D eigenvalue weighted by molar-refractivity contribution is -0.132. The first-order valence-electron chi connectivity index (χ1n) is 9.33. The molecule has 0 atom stereocenters. The summed E-state index contributed by atoms with van der Waals surface area (Å²) in [6.07, 6.45) is 6.87. The summed E-state index contributed by atoms with van der Waals surface area (Å²) in [5, 5.41) is 2.92. The minimum atomic E-state index is 0.0148. The molecule has 144 valence electrons. The van der Waals surface area contributed by atoms with Crippen LogP contribution in [0.4, 0.5) is 5.69 Å². The number of piperidine rings is 1. The van der Waals surface area contributed by atoms with Crippen molar-refractivity contribution in [2.75, 3.05) is 25.5 Å². The molecule has 3 rings (SSSR count). The highest BCUT2D eigenvalue weighted by Crippen LogP contribution is 2.23. The number of methoxy groups -OCH3 is 1. The highest BCUT2D eigenvalue weighted by atomic mass is 16.5. The Morgan fingerprint density at radius 2 is 2.15 bits per heavy atom. The quantitative estimate of drug-likeness (QED) is 0.784. The number of benzene rings is 1. The van der Waals surface area contributed by atoms with Crippen LogP contribution in [-0.2, 0) is 16.0 Å². The van der Waals surface area contributed by atoms with Crippen molar-refractivity contribution in [1.82, 2.24) is 14.9 Å². The van der Waals surface area contributed by atoms with Gasteiger partial charge < -0.3 is 19.9 Å². The molecule has 7 heteroatoms. The van der Waals surface area contributed by atoms with Gasteiger partial charge in [-0.1, -0.05) is 6.07 Å². The minimum absolute atomic E-state index is 0.0148. The third kappa shape index (κ3) is 5.57. The van der Waals surface area contributed by atoms with E-state index in [1.54, 1.807) is 19.6 Å². The Kier molecular flexibility index (Phi) is 6.46. The van der Waals surface area contributed by atoms with E-state index in [-0.39, 0.29) is 11.8 Å². The highest BCUT2D eigenvalue weighted by Gasteiger charge is 2.23. The molecule has 2 N–H and O–H groups in total. The lowest BCUT2D eigenvalue weighted by Crippen LogP contribution is -2.39. The zero-order valence-corrected chi connectivity index (χ0v) is 15.6. The number of H-pyrrole nitrogens is 1. The number of anilines is 1. The van der Waals surface area contributed by atoms with E-state index in [0.717, 1.165) is 49.5 Å². The first-order chi connectivity index (χ1) is 13.1. The summed E-state index contributed by atoms with van der Waals surface area (Å²) in [5.41, 5.74) is 1.59. The van der Waals surface area contributed by atoms with E-state index >= 15 is 0 Å². The predicted molar refractivity (Wildman–Crippen MR) is 102 cm³/mol. The Balaban J connectivity index is 1.37. The predicted octanol–water partition coefficient (Wildman–Crippen LogP) is 2.62. The number of ether oxygens (including phenoxy) is 1. The van der Waals surface area contributed by atoms with Gasteiger partial charge >= 0.3 is 0 Å². The molecule has 1 fully saturated rings. The normalized spacial score (nSPS) is 14.8. The van der Waals surface area contributed by atoms with Gasteiger partial charge in [-0.15, -0.1) is 0 Å². The van der Waals surface area contributed by atoms with Crippen LogP contribution in [0.25, 0.3) is 0 Å². The van der Waals surface area contributed by atoms with Gasteiger partial charge in [0.15, 0.2) is 0 Å². The smallest absolute Gasteiger partial charge is 0.228 e. The molecule has 7 nitrogen and oxygen atoms in total. The molecule has 0 bridgehead atoms. The molecule has 0 spiro atoms. The van der Waals surface area contributed by atoms with Crippen molar-refractivity contribution in [3.63, 3.8) is 0 Å². The molecule has 1 aliphatic rings. The van der Waals surface area contributed by atoms with Crippen LogP contribution >= 0.6 is 0 Å². The Labute approximate surface area is 159 Å². The lowest BCUT2D eigenvalue weighted by atomic mass is 9.92. The van der Waals surface area contributed by atoms with Crippen molar-refractivity contribution in [2.45, 2.75) is 32.1 Å². The Morgan fingerprint density at radius 3 is 2.85 bits per heavy atom. The molecule has 0 saturated carbocycles. The van der Waals surface area contributed by atoms with E-state index < -0.39 is 0 Å². The maximum Gasteiger partial charge on any atom is 0.228 e. The number of carbonyl (C=O) groups excluding carboxylic acids is 2. The first kappa shape index (κ1) is 18.9. The second-order valence-corrected chi connectivity index (χ2v) is 6.90. The zero-order chi connectivity index (χ0) is 19.1. The summed E-state index contributed by atoms with van der Waals surface area (Å²) < 4.78 is 5.16. The maximum absolute atomic E-state index is 12.3.